The highest BCUT2D eigenvalue weighted by atomic mass is 35.5. The van der Waals surface area contributed by atoms with E-state index in [1.54, 1.807) is 12.1 Å². The lowest BCUT2D eigenvalue weighted by molar-refractivity contribution is 0.308. The first-order valence-electron chi connectivity index (χ1n) is 6.49. The highest BCUT2D eigenvalue weighted by Crippen LogP contribution is 2.35. The van der Waals surface area contributed by atoms with E-state index in [4.69, 9.17) is 33.7 Å². The van der Waals surface area contributed by atoms with Gasteiger partial charge in [0.1, 0.15) is 6.61 Å². The molecule has 0 aromatic heterocycles. The van der Waals surface area contributed by atoms with E-state index in [0.717, 1.165) is 10.9 Å². The normalized spacial score (nSPS) is 10.8. The van der Waals surface area contributed by atoms with E-state index in [-0.39, 0.29) is 0 Å². The largest absolute Gasteiger partial charge is 0.486 e. The Bertz CT molecular complexity index is 773. The molecule has 0 fully saturated rings. The summed E-state index contributed by atoms with van der Waals surface area (Å²) in [5.41, 5.74) is 7.28. The molecule has 3 aromatic rings. The number of fused-ring (bicyclic) bond motifs is 1. The quantitative estimate of drug-likeness (QED) is 0.664. The molecule has 0 radical (unpaired) electrons. The van der Waals surface area contributed by atoms with Crippen molar-refractivity contribution in [3.05, 3.63) is 70.2 Å². The number of rotatable bonds is 3. The topological polar surface area (TPSA) is 35.2 Å². The first kappa shape index (κ1) is 14.1. The highest BCUT2D eigenvalue weighted by molar-refractivity contribution is 6.37. The Morgan fingerprint density at radius 1 is 0.905 bits per heavy atom. The number of benzene rings is 3. The first-order chi connectivity index (χ1) is 10.1. The molecule has 2 nitrogen and oxygen atoms in total. The average Bonchev–Trinajstić information content (AvgIpc) is 2.46. The summed E-state index contributed by atoms with van der Waals surface area (Å²) in [5.74, 6) is 0.459. The minimum atomic E-state index is 0.394. The molecule has 0 aliphatic heterocycles. The number of nitrogens with two attached hydrogens (primary N) is 1. The molecule has 0 bridgehead atoms. The second-order valence-electron chi connectivity index (χ2n) is 4.74. The van der Waals surface area contributed by atoms with Crippen molar-refractivity contribution in [2.75, 3.05) is 5.73 Å². The van der Waals surface area contributed by atoms with Gasteiger partial charge in [0.15, 0.2) is 5.75 Å². The van der Waals surface area contributed by atoms with E-state index >= 15 is 0 Å². The monoisotopic (exact) mass is 317 g/mol. The molecule has 3 aromatic carbocycles. The lowest BCUT2D eigenvalue weighted by atomic mass is 10.1. The van der Waals surface area contributed by atoms with Gasteiger partial charge in [-0.1, -0.05) is 65.7 Å². The standard InChI is InChI=1S/C17H13Cl2NO/c18-15-8-13(20)9-16(19)17(15)21-10-12-6-3-5-11-4-1-2-7-14(11)12/h1-9H,10,20H2. The van der Waals surface area contributed by atoms with Crippen LogP contribution in [-0.2, 0) is 6.61 Å². The third-order valence-corrected chi connectivity index (χ3v) is 3.83. The molecule has 2 N–H and O–H groups in total. The van der Waals surface area contributed by atoms with Gasteiger partial charge in [0, 0.05) is 5.69 Å². The van der Waals surface area contributed by atoms with E-state index in [2.05, 4.69) is 18.2 Å². The molecule has 0 heterocycles. The van der Waals surface area contributed by atoms with Gasteiger partial charge in [-0.05, 0) is 28.5 Å². The predicted molar refractivity (Wildman–Crippen MR) is 89.2 cm³/mol. The Balaban J connectivity index is 1.91. The maximum absolute atomic E-state index is 6.13. The molecule has 0 saturated heterocycles. The van der Waals surface area contributed by atoms with E-state index in [9.17, 15) is 0 Å². The molecule has 0 unspecified atom stereocenters. The number of ether oxygens (including phenoxy) is 1. The Morgan fingerprint density at radius 3 is 2.33 bits per heavy atom. The van der Waals surface area contributed by atoms with Crippen LogP contribution in [0, 0.1) is 0 Å². The van der Waals surface area contributed by atoms with Crippen LogP contribution in [0.3, 0.4) is 0 Å². The average molecular weight is 318 g/mol. The van der Waals surface area contributed by atoms with E-state index in [1.165, 1.54) is 5.39 Å². The maximum Gasteiger partial charge on any atom is 0.157 e. The Labute approximate surface area is 133 Å². The molecule has 106 valence electrons. The van der Waals surface area contributed by atoms with Gasteiger partial charge in [0.25, 0.3) is 0 Å². The van der Waals surface area contributed by atoms with Crippen molar-refractivity contribution in [1.29, 1.82) is 0 Å². The van der Waals surface area contributed by atoms with Crippen LogP contribution in [0.2, 0.25) is 10.0 Å². The molecule has 3 rings (SSSR count). The summed E-state index contributed by atoms with van der Waals surface area (Å²) < 4.78 is 5.80. The molecule has 21 heavy (non-hydrogen) atoms. The lowest BCUT2D eigenvalue weighted by Gasteiger charge is -2.12. The zero-order valence-corrected chi connectivity index (χ0v) is 12.7. The smallest absolute Gasteiger partial charge is 0.157 e. The van der Waals surface area contributed by atoms with Gasteiger partial charge in [0.05, 0.1) is 10.0 Å². The maximum atomic E-state index is 6.13. The molecule has 0 aliphatic carbocycles. The van der Waals surface area contributed by atoms with Gasteiger partial charge in [-0.25, -0.2) is 0 Å². The molecular formula is C17H13Cl2NO. The van der Waals surface area contributed by atoms with E-state index in [0.29, 0.717) is 28.1 Å². The van der Waals surface area contributed by atoms with Crippen LogP contribution in [0.4, 0.5) is 5.69 Å². The van der Waals surface area contributed by atoms with Gasteiger partial charge in [-0.3, -0.25) is 0 Å². The fourth-order valence-corrected chi connectivity index (χ4v) is 2.90. The Hall–Kier alpha value is -1.90. The molecule has 0 saturated carbocycles. The van der Waals surface area contributed by atoms with Crippen molar-refractivity contribution in [3.8, 4) is 5.75 Å². The predicted octanol–water partition coefficient (Wildman–Crippen LogP) is 5.31. The van der Waals surface area contributed by atoms with Gasteiger partial charge in [-0.15, -0.1) is 0 Å². The van der Waals surface area contributed by atoms with Gasteiger partial charge >= 0.3 is 0 Å². The SMILES string of the molecule is Nc1cc(Cl)c(OCc2cccc3ccccc23)c(Cl)c1. The Kier molecular flexibility index (Phi) is 3.91. The summed E-state index contributed by atoms with van der Waals surface area (Å²) in [4.78, 5) is 0. The van der Waals surface area contributed by atoms with Crippen LogP contribution in [-0.4, -0.2) is 0 Å². The van der Waals surface area contributed by atoms with E-state index in [1.807, 2.05) is 24.3 Å². The third kappa shape index (κ3) is 2.92. The van der Waals surface area contributed by atoms with Crippen molar-refractivity contribution < 1.29 is 4.74 Å². The molecule has 0 spiro atoms. The molecular weight excluding hydrogens is 305 g/mol. The summed E-state index contributed by atoms with van der Waals surface area (Å²) in [6, 6.07) is 17.5. The van der Waals surface area contributed by atoms with Crippen LogP contribution in [0.5, 0.6) is 5.75 Å². The van der Waals surface area contributed by atoms with Gasteiger partial charge in [-0.2, -0.15) is 0 Å². The van der Waals surface area contributed by atoms with Crippen molar-refractivity contribution in [2.45, 2.75) is 6.61 Å². The fraction of sp³-hybridized carbons (Fsp3) is 0.0588. The minimum Gasteiger partial charge on any atom is -0.486 e. The second-order valence-corrected chi connectivity index (χ2v) is 5.56. The van der Waals surface area contributed by atoms with Gasteiger partial charge < -0.3 is 10.5 Å². The van der Waals surface area contributed by atoms with Crippen molar-refractivity contribution in [2.24, 2.45) is 0 Å². The van der Waals surface area contributed by atoms with E-state index < -0.39 is 0 Å². The minimum absolute atomic E-state index is 0.394. The summed E-state index contributed by atoms with van der Waals surface area (Å²) in [6.45, 7) is 0.394. The van der Waals surface area contributed by atoms with Crippen molar-refractivity contribution in [1.82, 2.24) is 0 Å². The zero-order valence-electron chi connectivity index (χ0n) is 11.1. The molecule has 0 amide bonds. The van der Waals surface area contributed by atoms with Crippen LogP contribution in [0.25, 0.3) is 10.8 Å². The van der Waals surface area contributed by atoms with Crippen LogP contribution in [0.1, 0.15) is 5.56 Å². The summed E-state index contributed by atoms with van der Waals surface area (Å²) in [7, 11) is 0. The van der Waals surface area contributed by atoms with Crippen LogP contribution < -0.4 is 10.5 Å². The summed E-state index contributed by atoms with van der Waals surface area (Å²) in [6.07, 6.45) is 0. The van der Waals surface area contributed by atoms with Crippen molar-refractivity contribution in [3.63, 3.8) is 0 Å². The summed E-state index contributed by atoms with van der Waals surface area (Å²) >= 11 is 12.3. The van der Waals surface area contributed by atoms with Crippen LogP contribution >= 0.6 is 23.2 Å². The molecule has 4 heteroatoms. The van der Waals surface area contributed by atoms with Crippen molar-refractivity contribution >= 4 is 39.7 Å². The number of hydrogen-bond donors (Lipinski definition) is 1. The second kappa shape index (κ2) is 5.84. The van der Waals surface area contributed by atoms with Crippen LogP contribution in [0.15, 0.2) is 54.6 Å². The summed E-state index contributed by atoms with van der Waals surface area (Å²) in [5, 5.41) is 3.16. The number of anilines is 1. The number of nitrogen functional groups attached to an aromatic ring is 1. The molecule has 0 atom stereocenters. The lowest BCUT2D eigenvalue weighted by Crippen LogP contribution is -1.98. The zero-order chi connectivity index (χ0) is 14.8. The third-order valence-electron chi connectivity index (χ3n) is 3.27. The first-order valence-corrected chi connectivity index (χ1v) is 7.24. The molecule has 0 aliphatic rings. The number of hydrogen-bond acceptors (Lipinski definition) is 2. The van der Waals surface area contributed by atoms with Gasteiger partial charge in [0.2, 0.25) is 0 Å². The number of halogens is 2. The highest BCUT2D eigenvalue weighted by Gasteiger charge is 2.10. The fourth-order valence-electron chi connectivity index (χ4n) is 2.29. The Morgan fingerprint density at radius 2 is 1.57 bits per heavy atom.